The van der Waals surface area contributed by atoms with Gasteiger partial charge in [-0.1, -0.05) is 26.0 Å². The fourth-order valence-electron chi connectivity index (χ4n) is 1.52. The number of anilines is 1. The van der Waals surface area contributed by atoms with E-state index in [1.807, 2.05) is 24.3 Å². The molecule has 0 saturated heterocycles. The summed E-state index contributed by atoms with van der Waals surface area (Å²) >= 11 is 0. The standard InChI is InChI=1S/C13H16N2O/c1-10(2)8-11-4-6-12(7-5-11)15(3)13(16)9-14/h4-7,10H,8H2,1-3H3. The Bertz CT molecular complexity index is 401. The van der Waals surface area contributed by atoms with Gasteiger partial charge in [-0.05, 0) is 30.0 Å². The van der Waals surface area contributed by atoms with Gasteiger partial charge in [0.05, 0.1) is 0 Å². The first kappa shape index (κ1) is 12.3. The lowest BCUT2D eigenvalue weighted by molar-refractivity contribution is -0.113. The molecule has 0 aromatic heterocycles. The van der Waals surface area contributed by atoms with Crippen LogP contribution in [0.3, 0.4) is 0 Å². The molecule has 0 unspecified atom stereocenters. The monoisotopic (exact) mass is 216 g/mol. The van der Waals surface area contributed by atoms with Crippen molar-refractivity contribution in [3.8, 4) is 6.07 Å². The van der Waals surface area contributed by atoms with Crippen LogP contribution in [0.2, 0.25) is 0 Å². The molecule has 3 heteroatoms. The minimum atomic E-state index is -0.545. The zero-order valence-corrected chi connectivity index (χ0v) is 9.90. The summed E-state index contributed by atoms with van der Waals surface area (Å²) in [5.41, 5.74) is 2.00. The molecule has 0 radical (unpaired) electrons. The summed E-state index contributed by atoms with van der Waals surface area (Å²) in [6.45, 7) is 4.33. The summed E-state index contributed by atoms with van der Waals surface area (Å²) in [5, 5.41) is 8.50. The van der Waals surface area contributed by atoms with Crippen LogP contribution in [-0.4, -0.2) is 13.0 Å². The molecule has 84 valence electrons. The first-order chi connectivity index (χ1) is 7.54. The molecule has 0 fully saturated rings. The van der Waals surface area contributed by atoms with Crippen LogP contribution < -0.4 is 4.90 Å². The Kier molecular flexibility index (Phi) is 4.07. The Balaban J connectivity index is 2.79. The molecule has 0 atom stereocenters. The summed E-state index contributed by atoms with van der Waals surface area (Å²) in [4.78, 5) is 12.5. The first-order valence-electron chi connectivity index (χ1n) is 5.31. The lowest BCUT2D eigenvalue weighted by atomic mass is 10.0. The molecule has 0 spiro atoms. The van der Waals surface area contributed by atoms with Crippen molar-refractivity contribution in [1.29, 1.82) is 5.26 Å². The third-order valence-corrected chi connectivity index (χ3v) is 2.37. The van der Waals surface area contributed by atoms with Gasteiger partial charge >= 0.3 is 5.91 Å². The van der Waals surface area contributed by atoms with Gasteiger partial charge < -0.3 is 4.90 Å². The second-order valence-corrected chi connectivity index (χ2v) is 4.24. The second-order valence-electron chi connectivity index (χ2n) is 4.24. The number of nitriles is 1. The Morgan fingerprint density at radius 3 is 2.38 bits per heavy atom. The fraction of sp³-hybridized carbons (Fsp3) is 0.385. The Hall–Kier alpha value is -1.82. The molecule has 1 aromatic rings. The van der Waals surface area contributed by atoms with Crippen LogP contribution >= 0.6 is 0 Å². The van der Waals surface area contributed by atoms with Gasteiger partial charge in [-0.2, -0.15) is 5.26 Å². The van der Waals surface area contributed by atoms with Gasteiger partial charge in [0.2, 0.25) is 0 Å². The lowest BCUT2D eigenvalue weighted by Crippen LogP contribution is -2.24. The molecule has 0 saturated carbocycles. The van der Waals surface area contributed by atoms with Gasteiger partial charge in [-0.25, -0.2) is 0 Å². The van der Waals surface area contributed by atoms with E-state index in [-0.39, 0.29) is 0 Å². The second kappa shape index (κ2) is 5.32. The van der Waals surface area contributed by atoms with Crippen LogP contribution in [0.15, 0.2) is 24.3 Å². The molecule has 0 aliphatic carbocycles. The SMILES string of the molecule is CC(C)Cc1ccc(N(C)C(=O)C#N)cc1. The molecule has 0 N–H and O–H groups in total. The molecule has 3 nitrogen and oxygen atoms in total. The van der Waals surface area contributed by atoms with E-state index in [0.29, 0.717) is 5.92 Å². The molecule has 0 aliphatic heterocycles. The maximum Gasteiger partial charge on any atom is 0.329 e. The van der Waals surface area contributed by atoms with Gasteiger partial charge in [-0.3, -0.25) is 4.79 Å². The third kappa shape index (κ3) is 3.09. The average Bonchev–Trinajstić information content (AvgIpc) is 2.27. The number of nitrogens with zero attached hydrogens (tertiary/aromatic N) is 2. The minimum absolute atomic E-state index is 0.545. The summed E-state index contributed by atoms with van der Waals surface area (Å²) in [6, 6.07) is 9.33. The molecule has 0 bridgehead atoms. The minimum Gasteiger partial charge on any atom is -0.303 e. The van der Waals surface area contributed by atoms with Crippen molar-refractivity contribution in [2.75, 3.05) is 11.9 Å². The molecular formula is C13H16N2O. The summed E-state index contributed by atoms with van der Waals surface area (Å²) in [5.74, 6) is 0.0703. The predicted octanol–water partition coefficient (Wildman–Crippen LogP) is 2.37. The summed E-state index contributed by atoms with van der Waals surface area (Å²) < 4.78 is 0. The molecule has 1 amide bonds. The van der Waals surface area contributed by atoms with E-state index in [9.17, 15) is 4.79 Å². The molecule has 0 heterocycles. The highest BCUT2D eigenvalue weighted by molar-refractivity contribution is 6.03. The number of hydrogen-bond donors (Lipinski definition) is 0. The van der Waals surface area contributed by atoms with Gasteiger partial charge in [0, 0.05) is 12.7 Å². The fourth-order valence-corrected chi connectivity index (χ4v) is 1.52. The van der Waals surface area contributed by atoms with Gasteiger partial charge in [-0.15, -0.1) is 0 Å². The number of benzene rings is 1. The molecule has 1 aromatic carbocycles. The Labute approximate surface area is 96.3 Å². The molecule has 1 rings (SSSR count). The quantitative estimate of drug-likeness (QED) is 0.728. The Morgan fingerprint density at radius 1 is 1.38 bits per heavy atom. The van der Waals surface area contributed by atoms with Gasteiger partial charge in [0.15, 0.2) is 6.07 Å². The number of carbonyl (C=O) groups excluding carboxylic acids is 1. The average molecular weight is 216 g/mol. The first-order valence-corrected chi connectivity index (χ1v) is 5.31. The summed E-state index contributed by atoms with van der Waals surface area (Å²) in [6.07, 6.45) is 1.02. The summed E-state index contributed by atoms with van der Waals surface area (Å²) in [7, 11) is 1.60. The maximum atomic E-state index is 11.1. The topological polar surface area (TPSA) is 44.1 Å². The third-order valence-electron chi connectivity index (χ3n) is 2.37. The van der Waals surface area contributed by atoms with Crippen LogP contribution in [0.1, 0.15) is 19.4 Å². The number of hydrogen-bond acceptors (Lipinski definition) is 2. The highest BCUT2D eigenvalue weighted by Gasteiger charge is 2.09. The maximum absolute atomic E-state index is 11.1. The smallest absolute Gasteiger partial charge is 0.303 e. The van der Waals surface area contributed by atoms with E-state index in [0.717, 1.165) is 12.1 Å². The van der Waals surface area contributed by atoms with Crippen LogP contribution in [0.4, 0.5) is 5.69 Å². The number of carbonyl (C=O) groups is 1. The normalized spacial score (nSPS) is 9.94. The van der Waals surface area contributed by atoms with E-state index >= 15 is 0 Å². The van der Waals surface area contributed by atoms with Gasteiger partial charge in [0.25, 0.3) is 0 Å². The van der Waals surface area contributed by atoms with Crippen LogP contribution in [0.25, 0.3) is 0 Å². The largest absolute Gasteiger partial charge is 0.329 e. The van der Waals surface area contributed by atoms with Crippen LogP contribution in [-0.2, 0) is 11.2 Å². The zero-order chi connectivity index (χ0) is 12.1. The predicted molar refractivity (Wildman–Crippen MR) is 64.0 cm³/mol. The highest BCUT2D eigenvalue weighted by Crippen LogP contribution is 2.16. The van der Waals surface area contributed by atoms with Crippen molar-refractivity contribution in [1.82, 2.24) is 0 Å². The van der Waals surface area contributed by atoms with Crippen molar-refractivity contribution in [2.24, 2.45) is 5.92 Å². The van der Waals surface area contributed by atoms with E-state index in [4.69, 9.17) is 5.26 Å². The van der Waals surface area contributed by atoms with Crippen molar-refractivity contribution in [3.05, 3.63) is 29.8 Å². The Morgan fingerprint density at radius 2 is 1.94 bits per heavy atom. The highest BCUT2D eigenvalue weighted by atomic mass is 16.2. The molecule has 16 heavy (non-hydrogen) atoms. The number of amides is 1. The van der Waals surface area contributed by atoms with Crippen LogP contribution in [0.5, 0.6) is 0 Å². The van der Waals surface area contributed by atoms with Gasteiger partial charge in [0.1, 0.15) is 0 Å². The molecular weight excluding hydrogens is 200 g/mol. The van der Waals surface area contributed by atoms with E-state index in [1.54, 1.807) is 13.1 Å². The van der Waals surface area contributed by atoms with Crippen molar-refractivity contribution in [3.63, 3.8) is 0 Å². The van der Waals surface area contributed by atoms with Crippen molar-refractivity contribution >= 4 is 11.6 Å². The zero-order valence-electron chi connectivity index (χ0n) is 9.90. The van der Waals surface area contributed by atoms with E-state index in [2.05, 4.69) is 13.8 Å². The van der Waals surface area contributed by atoms with E-state index < -0.39 is 5.91 Å². The lowest BCUT2D eigenvalue weighted by Gasteiger charge is -2.14. The van der Waals surface area contributed by atoms with Crippen LogP contribution in [0, 0.1) is 17.2 Å². The number of rotatable bonds is 3. The van der Waals surface area contributed by atoms with E-state index in [1.165, 1.54) is 10.5 Å². The molecule has 0 aliphatic rings. The van der Waals surface area contributed by atoms with Crippen molar-refractivity contribution < 1.29 is 4.79 Å². The van der Waals surface area contributed by atoms with Crippen molar-refractivity contribution in [2.45, 2.75) is 20.3 Å².